The van der Waals surface area contributed by atoms with Gasteiger partial charge < -0.3 is 5.32 Å². The highest BCUT2D eigenvalue weighted by Gasteiger charge is 2.32. The van der Waals surface area contributed by atoms with Crippen LogP contribution in [0.4, 0.5) is 0 Å². The van der Waals surface area contributed by atoms with Gasteiger partial charge in [-0.15, -0.1) is 0 Å². The van der Waals surface area contributed by atoms with E-state index in [2.05, 4.69) is 37.2 Å². The zero-order valence-electron chi connectivity index (χ0n) is 11.5. The Labute approximate surface area is 141 Å². The van der Waals surface area contributed by atoms with Gasteiger partial charge in [0.1, 0.15) is 0 Å². The Balaban J connectivity index is 2.19. The normalized spacial score (nSPS) is 17.7. The zero-order chi connectivity index (χ0) is 15.6. The fourth-order valence-electron chi connectivity index (χ4n) is 2.38. The van der Waals surface area contributed by atoms with Crippen LogP contribution in [0, 0.1) is 5.92 Å². The Kier molecular flexibility index (Phi) is 5.45. The highest BCUT2D eigenvalue weighted by atomic mass is 79.9. The molecule has 1 aliphatic heterocycles. The number of benzene rings is 1. The second-order valence-corrected chi connectivity index (χ2v) is 8.54. The number of hydrogen-bond acceptors (Lipinski definition) is 3. The smallest absolute Gasteiger partial charge is 0.244 e. The van der Waals surface area contributed by atoms with Gasteiger partial charge in [-0.25, -0.2) is 8.42 Å². The maximum atomic E-state index is 12.7. The van der Waals surface area contributed by atoms with Crippen LogP contribution >= 0.6 is 31.9 Å². The lowest BCUT2D eigenvalue weighted by Crippen LogP contribution is -2.42. The first kappa shape index (κ1) is 16.9. The highest BCUT2D eigenvalue weighted by molar-refractivity contribution is 9.11. The monoisotopic (exact) mass is 438 g/mol. The Morgan fingerprint density at radius 2 is 1.90 bits per heavy atom. The lowest BCUT2D eigenvalue weighted by molar-refractivity contribution is -0.125. The molecule has 0 aliphatic carbocycles. The van der Waals surface area contributed by atoms with Gasteiger partial charge in [0.05, 0.1) is 4.90 Å². The predicted molar refractivity (Wildman–Crippen MR) is 87.4 cm³/mol. The molecule has 1 saturated heterocycles. The summed E-state index contributed by atoms with van der Waals surface area (Å²) >= 11 is 6.58. The molecule has 1 heterocycles. The first-order chi connectivity index (χ1) is 9.86. The van der Waals surface area contributed by atoms with Crippen molar-refractivity contribution >= 4 is 47.8 Å². The van der Waals surface area contributed by atoms with E-state index in [0.29, 0.717) is 34.9 Å². The van der Waals surface area contributed by atoms with Crippen LogP contribution in [0.1, 0.15) is 12.8 Å². The maximum Gasteiger partial charge on any atom is 0.244 e. The van der Waals surface area contributed by atoms with E-state index in [0.717, 1.165) is 0 Å². The second-order valence-electron chi connectivity index (χ2n) is 4.87. The van der Waals surface area contributed by atoms with Crippen LogP contribution in [0.15, 0.2) is 32.0 Å². The van der Waals surface area contributed by atoms with Crippen molar-refractivity contribution in [1.82, 2.24) is 9.62 Å². The number of rotatable bonds is 3. The molecule has 1 fully saturated rings. The molecular formula is C13H16Br2N2O3S. The van der Waals surface area contributed by atoms with E-state index < -0.39 is 10.0 Å². The third-order valence-electron chi connectivity index (χ3n) is 3.58. The van der Waals surface area contributed by atoms with Crippen molar-refractivity contribution in [1.29, 1.82) is 0 Å². The summed E-state index contributed by atoms with van der Waals surface area (Å²) in [6, 6.07) is 5.07. The van der Waals surface area contributed by atoms with E-state index in [1.54, 1.807) is 25.2 Å². The van der Waals surface area contributed by atoms with E-state index in [1.165, 1.54) is 4.31 Å². The average molecular weight is 440 g/mol. The quantitative estimate of drug-likeness (QED) is 0.785. The van der Waals surface area contributed by atoms with E-state index in [4.69, 9.17) is 0 Å². The van der Waals surface area contributed by atoms with Crippen molar-refractivity contribution in [3.05, 3.63) is 27.1 Å². The number of carbonyl (C=O) groups excluding carboxylic acids is 1. The first-order valence-corrected chi connectivity index (χ1v) is 9.55. The molecule has 2 rings (SSSR count). The third kappa shape index (κ3) is 3.67. The predicted octanol–water partition coefficient (Wildman–Crippen LogP) is 2.36. The van der Waals surface area contributed by atoms with Crippen LogP contribution in [0.5, 0.6) is 0 Å². The number of nitrogens with zero attached hydrogens (tertiary/aromatic N) is 1. The van der Waals surface area contributed by atoms with Crippen LogP contribution in [-0.2, 0) is 14.8 Å². The number of amides is 1. The van der Waals surface area contributed by atoms with Crippen LogP contribution < -0.4 is 5.32 Å². The van der Waals surface area contributed by atoms with Gasteiger partial charge >= 0.3 is 0 Å². The molecule has 116 valence electrons. The Morgan fingerprint density at radius 3 is 2.48 bits per heavy atom. The standard InChI is InChI=1S/C13H16Br2N2O3S/c1-16-13(18)9-4-6-17(7-5-9)21(19,20)12-8-10(14)2-3-11(12)15/h2-3,8-9H,4-7H2,1H3,(H,16,18). The van der Waals surface area contributed by atoms with Crippen LogP contribution in [0.25, 0.3) is 0 Å². The van der Waals surface area contributed by atoms with E-state index in [9.17, 15) is 13.2 Å². The lowest BCUT2D eigenvalue weighted by atomic mass is 9.97. The number of carbonyl (C=O) groups is 1. The number of hydrogen-bond donors (Lipinski definition) is 1. The maximum absolute atomic E-state index is 12.7. The molecule has 0 aromatic heterocycles. The molecule has 0 spiro atoms. The van der Waals surface area contributed by atoms with Gasteiger partial charge in [0.2, 0.25) is 15.9 Å². The van der Waals surface area contributed by atoms with Crippen molar-refractivity contribution in [3.8, 4) is 0 Å². The number of sulfonamides is 1. The minimum atomic E-state index is -3.55. The minimum Gasteiger partial charge on any atom is -0.359 e. The molecule has 1 aromatic rings. The second kappa shape index (κ2) is 6.76. The molecule has 5 nitrogen and oxygen atoms in total. The van der Waals surface area contributed by atoms with Gasteiger partial charge in [0.25, 0.3) is 0 Å². The first-order valence-electron chi connectivity index (χ1n) is 6.53. The van der Waals surface area contributed by atoms with Gasteiger partial charge in [0, 0.05) is 35.0 Å². The van der Waals surface area contributed by atoms with Crippen LogP contribution in [0.2, 0.25) is 0 Å². The van der Waals surface area contributed by atoms with E-state index in [1.807, 2.05) is 0 Å². The topological polar surface area (TPSA) is 66.5 Å². The van der Waals surface area contributed by atoms with E-state index >= 15 is 0 Å². The molecular weight excluding hydrogens is 424 g/mol. The molecule has 0 saturated carbocycles. The fourth-order valence-corrected chi connectivity index (χ4v) is 5.31. The lowest BCUT2D eigenvalue weighted by Gasteiger charge is -2.30. The van der Waals surface area contributed by atoms with Gasteiger partial charge in [-0.05, 0) is 47.0 Å². The number of nitrogens with one attached hydrogen (secondary N) is 1. The Hall–Kier alpha value is -0.440. The fraction of sp³-hybridized carbons (Fsp3) is 0.462. The summed E-state index contributed by atoms with van der Waals surface area (Å²) in [6.07, 6.45) is 1.09. The summed E-state index contributed by atoms with van der Waals surface area (Å²) in [6.45, 7) is 0.721. The molecule has 1 aliphatic rings. The summed E-state index contributed by atoms with van der Waals surface area (Å²) in [5.74, 6) is -0.122. The molecule has 1 N–H and O–H groups in total. The summed E-state index contributed by atoms with van der Waals surface area (Å²) in [5, 5.41) is 2.62. The van der Waals surface area contributed by atoms with Crippen molar-refractivity contribution in [3.63, 3.8) is 0 Å². The number of halogens is 2. The van der Waals surface area contributed by atoms with Gasteiger partial charge in [-0.2, -0.15) is 4.31 Å². The summed E-state index contributed by atoms with van der Waals surface area (Å²) in [4.78, 5) is 11.8. The average Bonchev–Trinajstić information content (AvgIpc) is 2.49. The van der Waals surface area contributed by atoms with Crippen molar-refractivity contribution in [2.45, 2.75) is 17.7 Å². The van der Waals surface area contributed by atoms with Gasteiger partial charge in [0.15, 0.2) is 0 Å². The molecule has 0 radical (unpaired) electrons. The van der Waals surface area contributed by atoms with Crippen LogP contribution in [-0.4, -0.2) is 38.8 Å². The molecule has 0 bridgehead atoms. The highest BCUT2D eigenvalue weighted by Crippen LogP contribution is 2.30. The third-order valence-corrected chi connectivity index (χ3v) is 6.97. The largest absolute Gasteiger partial charge is 0.359 e. The van der Waals surface area contributed by atoms with Crippen LogP contribution in [0.3, 0.4) is 0 Å². The zero-order valence-corrected chi connectivity index (χ0v) is 15.5. The summed E-state index contributed by atoms with van der Waals surface area (Å²) in [5.41, 5.74) is 0. The van der Waals surface area contributed by atoms with E-state index in [-0.39, 0.29) is 16.7 Å². The molecule has 1 aromatic carbocycles. The van der Waals surface area contributed by atoms with Gasteiger partial charge in [-0.1, -0.05) is 15.9 Å². The Bertz CT molecular complexity index is 641. The van der Waals surface area contributed by atoms with Gasteiger partial charge in [-0.3, -0.25) is 4.79 Å². The minimum absolute atomic E-state index is 0.0179. The molecule has 0 atom stereocenters. The van der Waals surface area contributed by atoms with Crippen molar-refractivity contribution in [2.24, 2.45) is 5.92 Å². The number of piperidine rings is 1. The van der Waals surface area contributed by atoms with Crippen molar-refractivity contribution < 1.29 is 13.2 Å². The molecule has 8 heteroatoms. The molecule has 0 unspecified atom stereocenters. The molecule has 1 amide bonds. The summed E-state index contributed by atoms with van der Waals surface area (Å²) < 4.78 is 28.1. The molecule has 21 heavy (non-hydrogen) atoms. The Morgan fingerprint density at radius 1 is 1.29 bits per heavy atom. The van der Waals surface area contributed by atoms with Crippen molar-refractivity contribution in [2.75, 3.05) is 20.1 Å². The SMILES string of the molecule is CNC(=O)C1CCN(S(=O)(=O)c2cc(Br)ccc2Br)CC1. The summed E-state index contributed by atoms with van der Waals surface area (Å²) in [7, 11) is -1.95.